The highest BCUT2D eigenvalue weighted by Crippen LogP contribution is 2.29. The van der Waals surface area contributed by atoms with Gasteiger partial charge in [-0.15, -0.1) is 11.3 Å². The molecular weight excluding hydrogens is 288 g/mol. The lowest BCUT2D eigenvalue weighted by Gasteiger charge is -2.08. The number of hydrogen-bond donors (Lipinski definition) is 1. The SMILES string of the molecule is O=[N+]([O-])c1ccc(CNC2CC2)cc1OCc1cccs1. The number of benzene rings is 1. The standard InChI is InChI=1S/C15H16N2O3S/c18-17(19)14-6-3-11(9-16-12-4-5-12)8-15(14)20-10-13-2-1-7-21-13/h1-3,6-8,12,16H,4-5,9-10H2. The van der Waals surface area contributed by atoms with Gasteiger partial charge in [0.2, 0.25) is 0 Å². The summed E-state index contributed by atoms with van der Waals surface area (Å²) in [5.41, 5.74) is 1.02. The molecule has 0 amide bonds. The summed E-state index contributed by atoms with van der Waals surface area (Å²) in [6.45, 7) is 1.08. The largest absolute Gasteiger partial charge is 0.481 e. The molecule has 0 spiro atoms. The molecule has 0 bridgehead atoms. The average Bonchev–Trinajstić information content (AvgIpc) is 3.16. The molecule has 1 N–H and O–H groups in total. The molecule has 1 aromatic heterocycles. The molecule has 5 nitrogen and oxygen atoms in total. The van der Waals surface area contributed by atoms with Crippen LogP contribution in [0.4, 0.5) is 5.69 Å². The van der Waals surface area contributed by atoms with Crippen molar-refractivity contribution in [2.75, 3.05) is 0 Å². The fraction of sp³-hybridized carbons (Fsp3) is 0.333. The predicted molar refractivity (Wildman–Crippen MR) is 81.6 cm³/mol. The monoisotopic (exact) mass is 304 g/mol. The van der Waals surface area contributed by atoms with Gasteiger partial charge in [0, 0.05) is 23.5 Å². The van der Waals surface area contributed by atoms with Gasteiger partial charge in [-0.2, -0.15) is 0 Å². The molecule has 110 valence electrons. The molecule has 1 fully saturated rings. The number of nitro groups is 1. The van der Waals surface area contributed by atoms with Gasteiger partial charge < -0.3 is 10.1 Å². The molecule has 0 unspecified atom stereocenters. The molecule has 1 aliphatic rings. The van der Waals surface area contributed by atoms with Gasteiger partial charge in [-0.1, -0.05) is 12.1 Å². The molecule has 1 saturated carbocycles. The van der Waals surface area contributed by atoms with Crippen molar-refractivity contribution in [2.45, 2.75) is 32.0 Å². The number of nitrogens with one attached hydrogen (secondary N) is 1. The van der Waals surface area contributed by atoms with Crippen molar-refractivity contribution < 1.29 is 9.66 Å². The van der Waals surface area contributed by atoms with E-state index >= 15 is 0 Å². The number of thiophene rings is 1. The Morgan fingerprint density at radius 2 is 2.24 bits per heavy atom. The summed E-state index contributed by atoms with van der Waals surface area (Å²) in [4.78, 5) is 11.7. The van der Waals surface area contributed by atoms with E-state index in [4.69, 9.17) is 4.74 Å². The van der Waals surface area contributed by atoms with Crippen molar-refractivity contribution in [1.82, 2.24) is 5.32 Å². The van der Waals surface area contributed by atoms with Crippen LogP contribution >= 0.6 is 11.3 Å². The Morgan fingerprint density at radius 3 is 2.90 bits per heavy atom. The molecule has 0 saturated heterocycles. The molecule has 2 aromatic rings. The van der Waals surface area contributed by atoms with Crippen molar-refractivity contribution in [3.8, 4) is 5.75 Å². The second-order valence-corrected chi connectivity index (χ2v) is 6.11. The maximum Gasteiger partial charge on any atom is 0.310 e. The van der Waals surface area contributed by atoms with E-state index < -0.39 is 4.92 Å². The summed E-state index contributed by atoms with van der Waals surface area (Å²) >= 11 is 1.58. The Morgan fingerprint density at radius 1 is 1.38 bits per heavy atom. The number of nitro benzene ring substituents is 1. The Bertz CT molecular complexity index is 624. The summed E-state index contributed by atoms with van der Waals surface area (Å²) in [6, 6.07) is 9.57. The second kappa shape index (κ2) is 6.24. The first-order valence-electron chi connectivity index (χ1n) is 6.88. The summed E-state index contributed by atoms with van der Waals surface area (Å²) < 4.78 is 5.65. The lowest BCUT2D eigenvalue weighted by molar-refractivity contribution is -0.386. The van der Waals surface area contributed by atoms with Crippen molar-refractivity contribution in [3.05, 3.63) is 56.3 Å². The van der Waals surface area contributed by atoms with Crippen molar-refractivity contribution in [3.63, 3.8) is 0 Å². The second-order valence-electron chi connectivity index (χ2n) is 5.08. The van der Waals surface area contributed by atoms with Gasteiger partial charge in [0.25, 0.3) is 0 Å². The number of rotatable bonds is 7. The highest BCUT2D eigenvalue weighted by Gasteiger charge is 2.21. The molecule has 1 aliphatic carbocycles. The van der Waals surface area contributed by atoms with Gasteiger partial charge in [-0.05, 0) is 35.9 Å². The van der Waals surface area contributed by atoms with Crippen molar-refractivity contribution in [2.24, 2.45) is 0 Å². The zero-order chi connectivity index (χ0) is 14.7. The minimum atomic E-state index is -0.401. The lowest BCUT2D eigenvalue weighted by Crippen LogP contribution is -2.15. The molecule has 0 radical (unpaired) electrons. The summed E-state index contributed by atoms with van der Waals surface area (Å²) in [5, 5.41) is 16.4. The molecule has 1 heterocycles. The Kier molecular flexibility index (Phi) is 4.17. The van der Waals surface area contributed by atoms with Gasteiger partial charge >= 0.3 is 5.69 Å². The number of hydrogen-bond acceptors (Lipinski definition) is 5. The summed E-state index contributed by atoms with van der Waals surface area (Å²) in [7, 11) is 0. The first kappa shape index (κ1) is 14.0. The van der Waals surface area contributed by atoms with Crippen LogP contribution in [0.5, 0.6) is 5.75 Å². The number of ether oxygens (including phenoxy) is 1. The minimum Gasteiger partial charge on any atom is -0.481 e. The molecule has 21 heavy (non-hydrogen) atoms. The van der Waals surface area contributed by atoms with Gasteiger partial charge in [-0.3, -0.25) is 10.1 Å². The van der Waals surface area contributed by atoms with E-state index in [1.165, 1.54) is 18.9 Å². The molecule has 0 aliphatic heterocycles. The van der Waals surface area contributed by atoms with Gasteiger partial charge in [-0.25, -0.2) is 0 Å². The first-order chi connectivity index (χ1) is 10.2. The van der Waals surface area contributed by atoms with Crippen LogP contribution in [-0.2, 0) is 13.2 Å². The molecule has 3 rings (SSSR count). The molecule has 6 heteroatoms. The molecular formula is C15H16N2O3S. The van der Waals surface area contributed by atoms with E-state index in [0.29, 0.717) is 18.4 Å². The first-order valence-corrected chi connectivity index (χ1v) is 7.76. The third kappa shape index (κ3) is 3.80. The van der Waals surface area contributed by atoms with Crippen LogP contribution in [0.15, 0.2) is 35.7 Å². The van der Waals surface area contributed by atoms with E-state index in [9.17, 15) is 10.1 Å². The number of nitrogens with zero attached hydrogens (tertiary/aromatic N) is 1. The van der Waals surface area contributed by atoms with Crippen molar-refractivity contribution >= 4 is 17.0 Å². The Balaban J connectivity index is 1.72. The Labute approximate surface area is 126 Å². The van der Waals surface area contributed by atoms with E-state index in [1.54, 1.807) is 23.5 Å². The minimum absolute atomic E-state index is 0.0155. The van der Waals surface area contributed by atoms with E-state index in [1.807, 2.05) is 17.5 Å². The molecule has 1 aromatic carbocycles. The zero-order valence-electron chi connectivity index (χ0n) is 11.5. The van der Waals surface area contributed by atoms with Crippen LogP contribution in [0, 0.1) is 10.1 Å². The maximum atomic E-state index is 11.1. The summed E-state index contributed by atoms with van der Waals surface area (Å²) in [6.07, 6.45) is 2.43. The van der Waals surface area contributed by atoms with Gasteiger partial charge in [0.1, 0.15) is 6.61 Å². The van der Waals surface area contributed by atoms with Gasteiger partial charge in [0.15, 0.2) is 5.75 Å². The third-order valence-electron chi connectivity index (χ3n) is 3.34. The Hall–Kier alpha value is -1.92. The van der Waals surface area contributed by atoms with Crippen LogP contribution in [0.25, 0.3) is 0 Å². The average molecular weight is 304 g/mol. The fourth-order valence-corrected chi connectivity index (χ4v) is 2.64. The fourth-order valence-electron chi connectivity index (χ4n) is 2.03. The van der Waals surface area contributed by atoms with E-state index in [2.05, 4.69) is 5.32 Å². The van der Waals surface area contributed by atoms with E-state index in [-0.39, 0.29) is 5.69 Å². The zero-order valence-corrected chi connectivity index (χ0v) is 12.3. The van der Waals surface area contributed by atoms with Gasteiger partial charge in [0.05, 0.1) is 4.92 Å². The van der Waals surface area contributed by atoms with Crippen LogP contribution in [0.3, 0.4) is 0 Å². The van der Waals surface area contributed by atoms with Crippen molar-refractivity contribution in [1.29, 1.82) is 0 Å². The highest BCUT2D eigenvalue weighted by molar-refractivity contribution is 7.09. The molecule has 0 atom stereocenters. The third-order valence-corrected chi connectivity index (χ3v) is 4.19. The quantitative estimate of drug-likeness (QED) is 0.628. The smallest absolute Gasteiger partial charge is 0.310 e. The maximum absolute atomic E-state index is 11.1. The predicted octanol–water partition coefficient (Wildman–Crippen LogP) is 3.49. The van der Waals surface area contributed by atoms with E-state index in [0.717, 1.165) is 17.0 Å². The van der Waals surface area contributed by atoms with Crippen LogP contribution in [-0.4, -0.2) is 11.0 Å². The summed E-state index contributed by atoms with van der Waals surface area (Å²) in [5.74, 6) is 0.337. The van der Waals surface area contributed by atoms with Crippen LogP contribution in [0.1, 0.15) is 23.3 Å². The topological polar surface area (TPSA) is 64.4 Å². The highest BCUT2D eigenvalue weighted by atomic mass is 32.1. The van der Waals surface area contributed by atoms with Crippen LogP contribution in [0.2, 0.25) is 0 Å². The van der Waals surface area contributed by atoms with Crippen LogP contribution < -0.4 is 10.1 Å². The lowest BCUT2D eigenvalue weighted by atomic mass is 10.2. The normalized spacial score (nSPS) is 14.1.